The number of nitrogens with one attached hydrogen (secondary N) is 1. The van der Waals surface area contributed by atoms with Gasteiger partial charge in [-0.05, 0) is 18.2 Å². The summed E-state index contributed by atoms with van der Waals surface area (Å²) in [6.45, 7) is -0.330. The summed E-state index contributed by atoms with van der Waals surface area (Å²) in [7, 11) is 0. The summed E-state index contributed by atoms with van der Waals surface area (Å²) in [5.41, 5.74) is 0.598. The number of benzene rings is 1. The minimum atomic E-state index is -1.06. The summed E-state index contributed by atoms with van der Waals surface area (Å²) in [5, 5.41) is 11.5. The second-order valence-electron chi connectivity index (χ2n) is 3.25. The number of carboxylic acids is 1. The molecule has 1 aromatic carbocycles. The van der Waals surface area contributed by atoms with Crippen LogP contribution >= 0.6 is 11.6 Å². The quantitative estimate of drug-likeness (QED) is 0.762. The summed E-state index contributed by atoms with van der Waals surface area (Å²) in [5.74, 6) is -1.31. The number of ether oxygens (including phenoxy) is 1. The molecule has 0 unspecified atom stereocenters. The van der Waals surface area contributed by atoms with E-state index in [0.29, 0.717) is 10.7 Å². The Morgan fingerprint density at radius 3 is 2.82 bits per heavy atom. The highest BCUT2D eigenvalue weighted by Crippen LogP contribution is 2.14. The van der Waals surface area contributed by atoms with Gasteiger partial charge in [-0.15, -0.1) is 0 Å². The van der Waals surface area contributed by atoms with Crippen molar-refractivity contribution in [1.82, 2.24) is 0 Å². The molecule has 0 heterocycles. The predicted octanol–water partition coefficient (Wildman–Crippen LogP) is 1.77. The van der Waals surface area contributed by atoms with Crippen molar-refractivity contribution >= 4 is 29.2 Å². The van der Waals surface area contributed by atoms with Gasteiger partial charge in [0.1, 0.15) is 6.61 Å². The van der Waals surface area contributed by atoms with Gasteiger partial charge in [-0.25, -0.2) is 4.79 Å². The zero-order valence-corrected chi connectivity index (χ0v) is 9.74. The molecule has 2 N–H and O–H groups in total. The third-order valence-corrected chi connectivity index (χ3v) is 2.04. The molecule has 6 heteroatoms. The SMILES string of the molecule is O=C(O)COCCC(=O)Nc1cccc(Cl)c1. The number of halogens is 1. The van der Waals surface area contributed by atoms with Crippen LogP contribution in [0.25, 0.3) is 0 Å². The van der Waals surface area contributed by atoms with Gasteiger partial charge in [-0.2, -0.15) is 0 Å². The third kappa shape index (κ3) is 5.89. The fraction of sp³-hybridized carbons (Fsp3) is 0.273. The molecule has 0 saturated carbocycles. The molecule has 0 fully saturated rings. The van der Waals surface area contributed by atoms with E-state index in [-0.39, 0.29) is 18.9 Å². The Kier molecular flexibility index (Phi) is 5.45. The van der Waals surface area contributed by atoms with E-state index in [4.69, 9.17) is 21.4 Å². The summed E-state index contributed by atoms with van der Waals surface area (Å²) in [6, 6.07) is 6.76. The Morgan fingerprint density at radius 2 is 2.18 bits per heavy atom. The molecular formula is C11H12ClNO4. The number of amides is 1. The molecule has 1 aromatic rings. The average molecular weight is 258 g/mol. The van der Waals surface area contributed by atoms with Crippen molar-refractivity contribution in [3.63, 3.8) is 0 Å². The van der Waals surface area contributed by atoms with Crippen LogP contribution in [0.3, 0.4) is 0 Å². The molecule has 0 radical (unpaired) electrons. The second-order valence-corrected chi connectivity index (χ2v) is 3.69. The number of carbonyl (C=O) groups is 2. The Morgan fingerprint density at radius 1 is 1.41 bits per heavy atom. The van der Waals surface area contributed by atoms with Crippen molar-refractivity contribution in [3.05, 3.63) is 29.3 Å². The lowest BCUT2D eigenvalue weighted by molar-refractivity contribution is -0.142. The van der Waals surface area contributed by atoms with E-state index in [2.05, 4.69) is 5.32 Å². The Labute approximate surface area is 103 Å². The first kappa shape index (κ1) is 13.5. The molecule has 0 saturated heterocycles. The van der Waals surface area contributed by atoms with E-state index in [0.717, 1.165) is 0 Å². The first-order valence-corrected chi connectivity index (χ1v) is 5.30. The molecule has 17 heavy (non-hydrogen) atoms. The van der Waals surface area contributed by atoms with Crippen LogP contribution in [0.2, 0.25) is 5.02 Å². The highest BCUT2D eigenvalue weighted by atomic mass is 35.5. The second kappa shape index (κ2) is 6.88. The highest BCUT2D eigenvalue weighted by Gasteiger charge is 2.03. The minimum Gasteiger partial charge on any atom is -0.480 e. The van der Waals surface area contributed by atoms with E-state index in [1.165, 1.54) is 0 Å². The maximum Gasteiger partial charge on any atom is 0.329 e. The van der Waals surface area contributed by atoms with Crippen LogP contribution in [-0.2, 0) is 14.3 Å². The number of carbonyl (C=O) groups excluding carboxylic acids is 1. The van der Waals surface area contributed by atoms with E-state index < -0.39 is 12.6 Å². The Hall–Kier alpha value is -1.59. The van der Waals surface area contributed by atoms with Crippen LogP contribution in [0.15, 0.2) is 24.3 Å². The normalized spacial score (nSPS) is 9.94. The molecule has 1 rings (SSSR count). The lowest BCUT2D eigenvalue weighted by Crippen LogP contribution is -2.16. The van der Waals surface area contributed by atoms with Gasteiger partial charge >= 0.3 is 5.97 Å². The first-order chi connectivity index (χ1) is 8.08. The smallest absolute Gasteiger partial charge is 0.329 e. The predicted molar refractivity (Wildman–Crippen MR) is 63.2 cm³/mol. The monoisotopic (exact) mass is 257 g/mol. The van der Waals surface area contributed by atoms with E-state index in [1.54, 1.807) is 24.3 Å². The Bertz CT molecular complexity index is 408. The number of aliphatic carboxylic acids is 1. The van der Waals surface area contributed by atoms with Gasteiger partial charge in [0.2, 0.25) is 5.91 Å². The van der Waals surface area contributed by atoms with Crippen LogP contribution in [0.4, 0.5) is 5.69 Å². The van der Waals surface area contributed by atoms with Gasteiger partial charge in [-0.1, -0.05) is 17.7 Å². The van der Waals surface area contributed by atoms with Crippen LogP contribution in [0, 0.1) is 0 Å². The van der Waals surface area contributed by atoms with E-state index in [9.17, 15) is 9.59 Å². The van der Waals surface area contributed by atoms with Crippen molar-refractivity contribution in [2.75, 3.05) is 18.5 Å². The van der Waals surface area contributed by atoms with Crippen LogP contribution < -0.4 is 5.32 Å². The zero-order valence-electron chi connectivity index (χ0n) is 8.98. The molecule has 5 nitrogen and oxygen atoms in total. The van der Waals surface area contributed by atoms with Crippen molar-refractivity contribution in [2.24, 2.45) is 0 Å². The molecular weight excluding hydrogens is 246 g/mol. The zero-order chi connectivity index (χ0) is 12.7. The standard InChI is InChI=1S/C11H12ClNO4/c12-8-2-1-3-9(6-8)13-10(14)4-5-17-7-11(15)16/h1-3,6H,4-5,7H2,(H,13,14)(H,15,16). The maximum absolute atomic E-state index is 11.4. The molecule has 0 aliphatic heterocycles. The number of carboxylic acid groups (broad SMARTS) is 1. The maximum atomic E-state index is 11.4. The van der Waals surface area contributed by atoms with Crippen LogP contribution in [0.5, 0.6) is 0 Å². The number of rotatable bonds is 6. The minimum absolute atomic E-state index is 0.0682. The summed E-state index contributed by atoms with van der Waals surface area (Å²) in [6.07, 6.45) is 0.0970. The molecule has 0 bridgehead atoms. The number of hydrogen-bond donors (Lipinski definition) is 2. The number of anilines is 1. The third-order valence-electron chi connectivity index (χ3n) is 1.81. The average Bonchev–Trinajstić information content (AvgIpc) is 2.24. The molecule has 0 aliphatic rings. The van der Waals surface area contributed by atoms with Crippen molar-refractivity contribution < 1.29 is 19.4 Å². The summed E-state index contributed by atoms with van der Waals surface area (Å²) < 4.78 is 4.74. The highest BCUT2D eigenvalue weighted by molar-refractivity contribution is 6.30. The molecule has 1 amide bonds. The van der Waals surface area contributed by atoms with Crippen LogP contribution in [-0.4, -0.2) is 30.2 Å². The van der Waals surface area contributed by atoms with Gasteiger partial charge in [0, 0.05) is 10.7 Å². The molecule has 0 aromatic heterocycles. The summed E-state index contributed by atoms with van der Waals surface area (Å²) in [4.78, 5) is 21.5. The Balaban J connectivity index is 2.27. The van der Waals surface area contributed by atoms with E-state index in [1.807, 2.05) is 0 Å². The van der Waals surface area contributed by atoms with Gasteiger partial charge in [-0.3, -0.25) is 4.79 Å². The molecule has 0 atom stereocenters. The van der Waals surface area contributed by atoms with Gasteiger partial charge in [0.05, 0.1) is 13.0 Å². The largest absolute Gasteiger partial charge is 0.480 e. The topological polar surface area (TPSA) is 75.6 Å². The van der Waals surface area contributed by atoms with Crippen LogP contribution in [0.1, 0.15) is 6.42 Å². The van der Waals surface area contributed by atoms with E-state index >= 15 is 0 Å². The first-order valence-electron chi connectivity index (χ1n) is 4.93. The fourth-order valence-electron chi connectivity index (χ4n) is 1.11. The van der Waals surface area contributed by atoms with Crippen molar-refractivity contribution in [1.29, 1.82) is 0 Å². The van der Waals surface area contributed by atoms with Gasteiger partial charge in [0.15, 0.2) is 0 Å². The number of hydrogen-bond acceptors (Lipinski definition) is 3. The lowest BCUT2D eigenvalue weighted by Gasteiger charge is -2.05. The van der Waals surface area contributed by atoms with Crippen molar-refractivity contribution in [2.45, 2.75) is 6.42 Å². The molecule has 0 spiro atoms. The molecule has 0 aliphatic carbocycles. The fourth-order valence-corrected chi connectivity index (χ4v) is 1.30. The lowest BCUT2D eigenvalue weighted by atomic mass is 10.3. The summed E-state index contributed by atoms with van der Waals surface area (Å²) >= 11 is 5.75. The van der Waals surface area contributed by atoms with Gasteiger partial charge < -0.3 is 15.2 Å². The molecule has 92 valence electrons. The van der Waals surface area contributed by atoms with Crippen molar-refractivity contribution in [3.8, 4) is 0 Å². The van der Waals surface area contributed by atoms with Gasteiger partial charge in [0.25, 0.3) is 0 Å².